The van der Waals surface area contributed by atoms with Gasteiger partial charge in [0.05, 0.1) is 17.1 Å². The first-order chi connectivity index (χ1) is 5.92. The van der Waals surface area contributed by atoms with E-state index in [2.05, 4.69) is 10.2 Å². The Morgan fingerprint density at radius 2 is 2.42 bits per heavy atom. The molecule has 4 heteroatoms. The highest BCUT2D eigenvalue weighted by molar-refractivity contribution is 5.85. The molecular formula is C8H6N2O2. The van der Waals surface area contributed by atoms with Crippen molar-refractivity contribution < 1.29 is 9.53 Å². The van der Waals surface area contributed by atoms with Crippen LogP contribution in [0, 0.1) is 0 Å². The lowest BCUT2D eigenvalue weighted by Gasteiger charge is -1.96. The first-order valence-corrected chi connectivity index (χ1v) is 3.44. The van der Waals surface area contributed by atoms with E-state index in [1.54, 1.807) is 18.3 Å². The number of nitrogens with one attached hydrogen (secondary N) is 1. The molecule has 0 spiro atoms. The summed E-state index contributed by atoms with van der Waals surface area (Å²) in [5, 5.41) is 7.41. The molecule has 60 valence electrons. The van der Waals surface area contributed by atoms with Crippen molar-refractivity contribution in [3.63, 3.8) is 0 Å². The molecule has 4 nitrogen and oxygen atoms in total. The van der Waals surface area contributed by atoms with E-state index in [4.69, 9.17) is 4.74 Å². The Bertz CT molecular complexity index is 408. The van der Waals surface area contributed by atoms with Crippen molar-refractivity contribution in [1.29, 1.82) is 0 Å². The van der Waals surface area contributed by atoms with Crippen LogP contribution in [0.4, 0.5) is 0 Å². The fourth-order valence-electron chi connectivity index (χ4n) is 1.10. The van der Waals surface area contributed by atoms with Crippen LogP contribution in [0.5, 0.6) is 5.75 Å². The van der Waals surface area contributed by atoms with Gasteiger partial charge < -0.3 is 4.74 Å². The number of rotatable bonds is 2. The van der Waals surface area contributed by atoms with Crippen molar-refractivity contribution in [2.24, 2.45) is 0 Å². The van der Waals surface area contributed by atoms with E-state index < -0.39 is 0 Å². The summed E-state index contributed by atoms with van der Waals surface area (Å²) >= 11 is 0. The number of nitrogens with zero attached hydrogens (tertiary/aromatic N) is 1. The van der Waals surface area contributed by atoms with E-state index in [-0.39, 0.29) is 0 Å². The fourth-order valence-corrected chi connectivity index (χ4v) is 1.10. The molecule has 0 fully saturated rings. The molecule has 1 aromatic carbocycles. The average Bonchev–Trinajstić information content (AvgIpc) is 2.53. The summed E-state index contributed by atoms with van der Waals surface area (Å²) in [5.41, 5.74) is 0.856. The second-order valence-electron chi connectivity index (χ2n) is 2.30. The van der Waals surface area contributed by atoms with Crippen LogP contribution in [0.25, 0.3) is 10.9 Å². The van der Waals surface area contributed by atoms with Gasteiger partial charge in [0.25, 0.3) is 6.47 Å². The zero-order valence-corrected chi connectivity index (χ0v) is 6.15. The molecule has 0 atom stereocenters. The normalized spacial score (nSPS) is 10.0. The number of H-pyrrole nitrogens is 1. The van der Waals surface area contributed by atoms with Crippen molar-refractivity contribution in [1.82, 2.24) is 10.2 Å². The van der Waals surface area contributed by atoms with E-state index >= 15 is 0 Å². The van der Waals surface area contributed by atoms with Gasteiger partial charge in [-0.05, 0) is 12.1 Å². The number of hydrogen-bond acceptors (Lipinski definition) is 3. The maximum Gasteiger partial charge on any atom is 0.298 e. The molecule has 2 aromatic rings. The molecule has 1 N–H and O–H groups in total. The first kappa shape index (κ1) is 6.84. The standard InChI is InChI=1S/C8H6N2O2/c11-5-12-8-3-1-2-7-6(8)4-9-10-7/h1-5H,(H,9,10). The Morgan fingerprint density at radius 1 is 1.50 bits per heavy atom. The number of ether oxygens (including phenoxy) is 1. The summed E-state index contributed by atoms with van der Waals surface area (Å²) in [6, 6.07) is 5.37. The van der Waals surface area contributed by atoms with Crippen LogP contribution in [0.1, 0.15) is 0 Å². The SMILES string of the molecule is O=COc1cccc2[nH]ncc12. The zero-order valence-electron chi connectivity index (χ0n) is 6.15. The molecule has 0 aliphatic rings. The van der Waals surface area contributed by atoms with Gasteiger partial charge >= 0.3 is 0 Å². The summed E-state index contributed by atoms with van der Waals surface area (Å²) in [6.07, 6.45) is 1.62. The van der Waals surface area contributed by atoms with Crippen LogP contribution in [0.15, 0.2) is 24.4 Å². The number of aromatic nitrogens is 2. The molecule has 0 aliphatic heterocycles. The molecule has 0 unspecified atom stereocenters. The lowest BCUT2D eigenvalue weighted by Crippen LogP contribution is -1.87. The summed E-state index contributed by atoms with van der Waals surface area (Å²) < 4.78 is 4.74. The third kappa shape index (κ3) is 0.934. The summed E-state index contributed by atoms with van der Waals surface area (Å²) in [5.74, 6) is 0.524. The number of hydrogen-bond donors (Lipinski definition) is 1. The third-order valence-corrected chi connectivity index (χ3v) is 1.62. The molecule has 2 rings (SSSR count). The Balaban J connectivity index is 2.65. The number of aromatic amines is 1. The lowest BCUT2D eigenvalue weighted by atomic mass is 10.2. The van der Waals surface area contributed by atoms with Crippen LogP contribution in [-0.2, 0) is 4.79 Å². The second-order valence-corrected chi connectivity index (χ2v) is 2.30. The summed E-state index contributed by atoms with van der Waals surface area (Å²) in [6.45, 7) is 0.405. The quantitative estimate of drug-likeness (QED) is 0.672. The number of carbonyl (C=O) groups excluding carboxylic acids is 1. The molecule has 1 heterocycles. The highest BCUT2D eigenvalue weighted by Crippen LogP contribution is 2.22. The Kier molecular flexibility index (Phi) is 1.51. The topological polar surface area (TPSA) is 55.0 Å². The van der Waals surface area contributed by atoms with Crippen molar-refractivity contribution in [3.8, 4) is 5.75 Å². The number of fused-ring (bicyclic) bond motifs is 1. The lowest BCUT2D eigenvalue weighted by molar-refractivity contribution is -0.120. The zero-order chi connectivity index (χ0) is 8.39. The Labute approximate surface area is 68.2 Å². The molecule has 12 heavy (non-hydrogen) atoms. The second kappa shape index (κ2) is 2.65. The molecule has 0 amide bonds. The third-order valence-electron chi connectivity index (χ3n) is 1.62. The molecule has 0 aliphatic carbocycles. The number of benzene rings is 1. The van der Waals surface area contributed by atoms with Crippen LogP contribution in [0.3, 0.4) is 0 Å². The van der Waals surface area contributed by atoms with Gasteiger partial charge in [-0.15, -0.1) is 0 Å². The first-order valence-electron chi connectivity index (χ1n) is 3.44. The molecule has 1 aromatic heterocycles. The Hall–Kier alpha value is -1.84. The van der Waals surface area contributed by atoms with Crippen molar-refractivity contribution >= 4 is 17.4 Å². The highest BCUT2D eigenvalue weighted by atomic mass is 16.5. The molecular weight excluding hydrogens is 156 g/mol. The number of carbonyl (C=O) groups is 1. The van der Waals surface area contributed by atoms with Gasteiger partial charge in [-0.3, -0.25) is 9.89 Å². The monoisotopic (exact) mass is 162 g/mol. The highest BCUT2D eigenvalue weighted by Gasteiger charge is 2.01. The van der Waals surface area contributed by atoms with E-state index in [9.17, 15) is 4.79 Å². The van der Waals surface area contributed by atoms with E-state index in [1.165, 1.54) is 0 Å². The van der Waals surface area contributed by atoms with Crippen LogP contribution >= 0.6 is 0 Å². The maximum absolute atomic E-state index is 10.1. The van der Waals surface area contributed by atoms with Gasteiger partial charge in [-0.25, -0.2) is 0 Å². The van der Waals surface area contributed by atoms with Gasteiger partial charge in [-0.2, -0.15) is 5.10 Å². The van der Waals surface area contributed by atoms with E-state index in [1.807, 2.05) is 6.07 Å². The van der Waals surface area contributed by atoms with Crippen LogP contribution in [-0.4, -0.2) is 16.7 Å². The predicted octanol–water partition coefficient (Wildman–Crippen LogP) is 1.10. The van der Waals surface area contributed by atoms with Gasteiger partial charge in [0, 0.05) is 0 Å². The van der Waals surface area contributed by atoms with E-state index in [0.717, 1.165) is 10.9 Å². The summed E-state index contributed by atoms with van der Waals surface area (Å²) in [4.78, 5) is 10.1. The predicted molar refractivity (Wildman–Crippen MR) is 42.8 cm³/mol. The largest absolute Gasteiger partial charge is 0.428 e. The smallest absolute Gasteiger partial charge is 0.298 e. The van der Waals surface area contributed by atoms with Gasteiger partial charge in [0.15, 0.2) is 0 Å². The molecule has 0 radical (unpaired) electrons. The molecule has 0 bridgehead atoms. The summed E-state index contributed by atoms with van der Waals surface area (Å²) in [7, 11) is 0. The van der Waals surface area contributed by atoms with Crippen molar-refractivity contribution in [3.05, 3.63) is 24.4 Å². The van der Waals surface area contributed by atoms with Crippen molar-refractivity contribution in [2.45, 2.75) is 0 Å². The Morgan fingerprint density at radius 3 is 3.25 bits per heavy atom. The molecule has 0 saturated heterocycles. The van der Waals surface area contributed by atoms with E-state index in [0.29, 0.717) is 12.2 Å². The minimum absolute atomic E-state index is 0.405. The fraction of sp³-hybridized carbons (Fsp3) is 0. The van der Waals surface area contributed by atoms with Gasteiger partial charge in [-0.1, -0.05) is 6.07 Å². The average molecular weight is 162 g/mol. The minimum atomic E-state index is 0.405. The minimum Gasteiger partial charge on any atom is -0.428 e. The van der Waals surface area contributed by atoms with Crippen molar-refractivity contribution in [2.75, 3.05) is 0 Å². The van der Waals surface area contributed by atoms with Crippen LogP contribution < -0.4 is 4.74 Å². The van der Waals surface area contributed by atoms with Gasteiger partial charge in [0.1, 0.15) is 5.75 Å². The van der Waals surface area contributed by atoms with Gasteiger partial charge in [0.2, 0.25) is 0 Å². The van der Waals surface area contributed by atoms with Crippen LogP contribution in [0.2, 0.25) is 0 Å². The molecule has 0 saturated carbocycles. The maximum atomic E-state index is 10.1.